The second-order valence-electron chi connectivity index (χ2n) is 19.0. The Kier molecular flexibility index (Phi) is 48.6. The van der Waals surface area contributed by atoms with Crippen LogP contribution in [0.25, 0.3) is 0 Å². The van der Waals surface area contributed by atoms with Crippen molar-refractivity contribution in [1.82, 2.24) is 0 Å². The van der Waals surface area contributed by atoms with Gasteiger partial charge in [0.15, 0.2) is 0 Å². The average molecular weight is 1020 g/mol. The van der Waals surface area contributed by atoms with Crippen molar-refractivity contribution in [3.63, 3.8) is 0 Å². The van der Waals surface area contributed by atoms with Crippen molar-refractivity contribution >= 4 is 43.1 Å². The molecule has 0 atom stereocenters. The Bertz CT molecular complexity index is 1070. The van der Waals surface area contributed by atoms with Gasteiger partial charge < -0.3 is 0 Å². The number of hydrogen-bond donors (Lipinski definition) is 0. The van der Waals surface area contributed by atoms with Crippen LogP contribution in [0.4, 0.5) is 0 Å². The van der Waals surface area contributed by atoms with Crippen LogP contribution in [-0.2, 0) is 34.8 Å². The number of hydrogen-bond acceptors (Lipinski definition) is 8. The summed E-state index contributed by atoms with van der Waals surface area (Å²) in [6.45, 7) is 9.60. The van der Waals surface area contributed by atoms with Crippen LogP contribution in [0, 0.1) is 0 Å². The average Bonchev–Trinajstić information content (AvgIpc) is 3.29. The van der Waals surface area contributed by atoms with Gasteiger partial charge in [0.1, 0.15) is 0 Å². The number of esters is 2. The molecule has 0 aliphatic carbocycles. The minimum atomic E-state index is -4.46. The third-order valence-corrected chi connectivity index (χ3v) is 22.2. The predicted molar refractivity (Wildman–Crippen MR) is 275 cm³/mol. The van der Waals surface area contributed by atoms with Gasteiger partial charge in [0.05, 0.1) is 0 Å². The first-order valence-corrected chi connectivity index (χ1v) is 34.3. The van der Waals surface area contributed by atoms with Crippen molar-refractivity contribution in [2.24, 2.45) is 0 Å². The molecule has 0 bridgehead atoms. The fourth-order valence-corrected chi connectivity index (χ4v) is 17.4. The number of carbonyl (C=O) groups is 4. The first-order valence-electron chi connectivity index (χ1n) is 28.0. The molecule has 0 N–H and O–H groups in total. The van der Waals surface area contributed by atoms with Gasteiger partial charge in [-0.3, -0.25) is 0 Å². The Morgan fingerprint density at radius 2 is 0.477 bits per heavy atom. The summed E-state index contributed by atoms with van der Waals surface area (Å²) in [6.07, 6.45) is 51.8. The molecule has 0 heterocycles. The number of ether oxygens (including phenoxy) is 2. The standard InChI is InChI=1S/2C16H28O4.2C12H25.Sn/c2*1-2-3-4-5-6-7-8-9-10-11-14-20-16(19)13-12-15(17)18;2*1-3-5-7-9-11-12-10-8-6-4-2;/h2*12-13H,2-11,14H2,1H3,(H,17,18);2*1,3-12H2,2H3;/q;;;;+2/p-2. The number of carbonyl (C=O) groups excluding carboxylic acids is 4. The number of unbranched alkanes of at least 4 members (excludes halogenated alkanes) is 36. The van der Waals surface area contributed by atoms with E-state index in [0.717, 1.165) is 101 Å². The second-order valence-corrected chi connectivity index (χ2v) is 28.2. The summed E-state index contributed by atoms with van der Waals surface area (Å²) in [5, 5.41) is 0. The van der Waals surface area contributed by atoms with Crippen molar-refractivity contribution in [2.75, 3.05) is 13.2 Å². The van der Waals surface area contributed by atoms with Crippen LogP contribution in [-0.4, -0.2) is 56.3 Å². The molecule has 65 heavy (non-hydrogen) atoms. The maximum atomic E-state index is 13.5. The van der Waals surface area contributed by atoms with Gasteiger partial charge in [0, 0.05) is 0 Å². The predicted octanol–water partition coefficient (Wildman–Crippen LogP) is 17.4. The molecule has 8 nitrogen and oxygen atoms in total. The van der Waals surface area contributed by atoms with E-state index in [-0.39, 0.29) is 0 Å². The summed E-state index contributed by atoms with van der Waals surface area (Å²) in [6, 6.07) is 0. The first kappa shape index (κ1) is 63.2. The minimum absolute atomic E-state index is 0.320. The SMILES string of the molecule is CCCCCCCCCCCCOC(=O)C=CC(=O)[O][Sn]([CH2]CCCCCCCCCCC)([CH2]CCCCCCCCCCC)[O]C(=O)C=CC(=O)OCCCCCCCCCCCC. The van der Waals surface area contributed by atoms with Gasteiger partial charge >= 0.3 is 331 Å². The molecule has 0 aromatic carbocycles. The van der Waals surface area contributed by atoms with E-state index in [1.807, 2.05) is 0 Å². The normalized spacial score (nSPS) is 11.8. The van der Waals surface area contributed by atoms with Gasteiger partial charge in [0.2, 0.25) is 0 Å². The van der Waals surface area contributed by atoms with E-state index in [1.165, 1.54) is 180 Å². The summed E-state index contributed by atoms with van der Waals surface area (Å²) < 4.78 is 24.5. The van der Waals surface area contributed by atoms with Crippen LogP contribution < -0.4 is 0 Å². The van der Waals surface area contributed by atoms with E-state index in [0.29, 0.717) is 22.1 Å². The van der Waals surface area contributed by atoms with Crippen molar-refractivity contribution in [3.8, 4) is 0 Å². The molecule has 9 heteroatoms. The monoisotopic (exact) mass is 1020 g/mol. The minimum Gasteiger partial charge on any atom is -0.0654 e. The van der Waals surface area contributed by atoms with Crippen LogP contribution in [0.5, 0.6) is 0 Å². The van der Waals surface area contributed by atoms with E-state index >= 15 is 0 Å². The van der Waals surface area contributed by atoms with Gasteiger partial charge in [-0.2, -0.15) is 0 Å². The van der Waals surface area contributed by atoms with Crippen molar-refractivity contribution in [3.05, 3.63) is 24.3 Å². The van der Waals surface area contributed by atoms with Gasteiger partial charge in [-0.05, 0) is 0 Å². The summed E-state index contributed by atoms with van der Waals surface area (Å²) in [7, 11) is 0. The van der Waals surface area contributed by atoms with E-state index in [9.17, 15) is 19.2 Å². The van der Waals surface area contributed by atoms with Crippen molar-refractivity contribution in [1.29, 1.82) is 0 Å². The molecule has 0 aromatic rings. The third kappa shape index (κ3) is 45.7. The van der Waals surface area contributed by atoms with Crippen molar-refractivity contribution in [2.45, 2.75) is 293 Å². The van der Waals surface area contributed by atoms with Crippen LogP contribution in [0.2, 0.25) is 8.87 Å². The smallest absolute Gasteiger partial charge is 0.0654 e. The molecule has 0 spiro atoms. The Morgan fingerprint density at radius 3 is 0.723 bits per heavy atom. The summed E-state index contributed by atoms with van der Waals surface area (Å²) >= 11 is -4.46. The molecule has 0 fully saturated rings. The maximum absolute atomic E-state index is 13.5. The molecular formula is C56H104O8Sn. The number of rotatable bonds is 50. The molecular weight excluding hydrogens is 919 g/mol. The fourth-order valence-electron chi connectivity index (χ4n) is 8.44. The Hall–Kier alpha value is -1.84. The quantitative estimate of drug-likeness (QED) is 0.0257. The topological polar surface area (TPSA) is 105 Å². The summed E-state index contributed by atoms with van der Waals surface area (Å²) in [4.78, 5) is 52.1. The van der Waals surface area contributed by atoms with Crippen LogP contribution in [0.3, 0.4) is 0 Å². The molecule has 380 valence electrons. The Morgan fingerprint density at radius 1 is 0.277 bits per heavy atom. The summed E-state index contributed by atoms with van der Waals surface area (Å²) in [5.41, 5.74) is 0. The van der Waals surface area contributed by atoms with E-state index < -0.39 is 43.1 Å². The molecule has 0 saturated carbocycles. The molecule has 0 saturated heterocycles. The fraction of sp³-hybridized carbons (Fsp3) is 0.857. The zero-order valence-electron chi connectivity index (χ0n) is 43.2. The molecule has 0 radical (unpaired) electrons. The molecule has 0 unspecified atom stereocenters. The second kappa shape index (κ2) is 50.0. The van der Waals surface area contributed by atoms with Crippen LogP contribution in [0.15, 0.2) is 24.3 Å². The van der Waals surface area contributed by atoms with Gasteiger partial charge in [-0.25, -0.2) is 0 Å². The van der Waals surface area contributed by atoms with Crippen LogP contribution >= 0.6 is 0 Å². The van der Waals surface area contributed by atoms with Gasteiger partial charge in [0.25, 0.3) is 0 Å². The molecule has 0 aliphatic heterocycles. The third-order valence-electron chi connectivity index (χ3n) is 12.6. The summed E-state index contributed by atoms with van der Waals surface area (Å²) in [5.74, 6) is -2.47. The van der Waals surface area contributed by atoms with E-state index in [2.05, 4.69) is 27.7 Å². The van der Waals surface area contributed by atoms with E-state index in [4.69, 9.17) is 15.6 Å². The zero-order valence-corrected chi connectivity index (χ0v) is 46.0. The zero-order chi connectivity index (χ0) is 47.6. The Balaban J connectivity index is 5.48. The Labute approximate surface area is 406 Å². The van der Waals surface area contributed by atoms with Crippen molar-refractivity contribution < 1.29 is 34.8 Å². The van der Waals surface area contributed by atoms with Gasteiger partial charge in [-0.15, -0.1) is 0 Å². The molecule has 0 aromatic heterocycles. The first-order chi connectivity index (χ1) is 31.8. The molecule has 0 rings (SSSR count). The molecule has 0 aliphatic rings. The van der Waals surface area contributed by atoms with Crippen LogP contribution in [0.1, 0.15) is 285 Å². The van der Waals surface area contributed by atoms with E-state index in [1.54, 1.807) is 0 Å². The van der Waals surface area contributed by atoms with Gasteiger partial charge in [-0.1, -0.05) is 78.1 Å². The molecule has 0 amide bonds.